The molecular weight excluding hydrogens is 358 g/mol. The highest BCUT2D eigenvalue weighted by molar-refractivity contribution is 5.52. The van der Waals surface area contributed by atoms with Crippen LogP contribution in [0.3, 0.4) is 0 Å². The average Bonchev–Trinajstić information content (AvgIpc) is 3.38. The predicted molar refractivity (Wildman–Crippen MR) is 123 cm³/mol. The Morgan fingerprint density at radius 3 is 2.93 bits per heavy atom. The largest absolute Gasteiger partial charge is 0.493 e. The third kappa shape index (κ3) is 8.18. The second-order valence-electron chi connectivity index (χ2n) is 8.24. The van der Waals surface area contributed by atoms with Crippen LogP contribution in [0, 0.1) is 5.92 Å². The molecule has 1 heterocycles. The molecule has 0 aromatic rings. The Balaban J connectivity index is 1.85. The molecule has 160 valence electrons. The lowest BCUT2D eigenvalue weighted by Crippen LogP contribution is -2.31. The van der Waals surface area contributed by atoms with Crippen molar-refractivity contribution in [3.05, 3.63) is 59.4 Å². The number of rotatable bonds is 13. The Morgan fingerprint density at radius 2 is 2.24 bits per heavy atom. The van der Waals surface area contributed by atoms with Gasteiger partial charge in [0.05, 0.1) is 13.2 Å². The van der Waals surface area contributed by atoms with E-state index >= 15 is 0 Å². The summed E-state index contributed by atoms with van der Waals surface area (Å²) in [5.74, 6) is 1.61. The van der Waals surface area contributed by atoms with Crippen LogP contribution in [0.5, 0.6) is 0 Å². The number of nitrogens with zero attached hydrogens (tertiary/aromatic N) is 1. The van der Waals surface area contributed by atoms with Gasteiger partial charge in [0.1, 0.15) is 12.0 Å². The van der Waals surface area contributed by atoms with Crippen molar-refractivity contribution in [3.8, 4) is 0 Å². The molecule has 0 aromatic heterocycles. The van der Waals surface area contributed by atoms with E-state index in [9.17, 15) is 4.79 Å². The molecule has 2 unspecified atom stereocenters. The summed E-state index contributed by atoms with van der Waals surface area (Å²) in [5.41, 5.74) is 2.71. The molecule has 1 aliphatic carbocycles. The topological polar surface area (TPSA) is 29.5 Å². The minimum atomic E-state index is 0.536. The van der Waals surface area contributed by atoms with Gasteiger partial charge in [-0.1, -0.05) is 55.4 Å². The third-order valence-corrected chi connectivity index (χ3v) is 6.00. The van der Waals surface area contributed by atoms with Crippen LogP contribution in [-0.4, -0.2) is 36.9 Å². The van der Waals surface area contributed by atoms with Gasteiger partial charge in [-0.05, 0) is 69.9 Å². The third-order valence-electron chi connectivity index (χ3n) is 6.00. The van der Waals surface area contributed by atoms with Crippen molar-refractivity contribution in [2.75, 3.05) is 19.7 Å². The molecule has 0 radical (unpaired) electrons. The molecule has 1 fully saturated rings. The summed E-state index contributed by atoms with van der Waals surface area (Å²) < 4.78 is 5.94. The number of unbranched alkanes of at least 4 members (excludes halogenated alkanes) is 1. The molecular formula is C26H39NO2. The maximum atomic E-state index is 11.1. The Morgan fingerprint density at radius 1 is 1.38 bits per heavy atom. The van der Waals surface area contributed by atoms with Gasteiger partial charge in [-0.2, -0.15) is 0 Å². The number of hydrogen-bond donors (Lipinski definition) is 0. The Labute approximate surface area is 177 Å². The normalized spacial score (nSPS) is 23.2. The van der Waals surface area contributed by atoms with Crippen LogP contribution in [0.15, 0.2) is 59.4 Å². The molecule has 2 rings (SSSR count). The molecule has 3 nitrogen and oxygen atoms in total. The van der Waals surface area contributed by atoms with Gasteiger partial charge in [-0.15, -0.1) is 0 Å². The van der Waals surface area contributed by atoms with Crippen molar-refractivity contribution < 1.29 is 9.53 Å². The summed E-state index contributed by atoms with van der Waals surface area (Å²) in [6.07, 6.45) is 24.2. The minimum absolute atomic E-state index is 0.536. The molecule has 1 aliphatic heterocycles. The Bertz CT molecular complexity index is 654. The minimum Gasteiger partial charge on any atom is -0.493 e. The molecule has 0 bridgehead atoms. The number of likely N-dealkylation sites (tertiary alicyclic amines) is 1. The number of allylic oxidation sites excluding steroid dienone is 9. The summed E-state index contributed by atoms with van der Waals surface area (Å²) in [7, 11) is 0. The zero-order valence-corrected chi connectivity index (χ0v) is 18.6. The predicted octanol–water partition coefficient (Wildman–Crippen LogP) is 6.16. The fraction of sp³-hybridized carbons (Fsp3) is 0.577. The van der Waals surface area contributed by atoms with Crippen molar-refractivity contribution in [2.24, 2.45) is 5.92 Å². The highest BCUT2D eigenvalue weighted by Crippen LogP contribution is 2.30. The molecule has 0 saturated carbocycles. The fourth-order valence-electron chi connectivity index (χ4n) is 4.10. The Hall–Kier alpha value is -1.87. The van der Waals surface area contributed by atoms with Gasteiger partial charge in [0, 0.05) is 12.6 Å². The van der Waals surface area contributed by atoms with Crippen LogP contribution < -0.4 is 0 Å². The lowest BCUT2D eigenvalue weighted by Gasteiger charge is -2.22. The number of carbonyl (C=O) groups is 1. The van der Waals surface area contributed by atoms with Crippen molar-refractivity contribution in [1.29, 1.82) is 0 Å². The first-order valence-electron chi connectivity index (χ1n) is 11.3. The lowest BCUT2D eigenvalue weighted by molar-refractivity contribution is -0.109. The van der Waals surface area contributed by atoms with Crippen LogP contribution >= 0.6 is 0 Å². The van der Waals surface area contributed by atoms with Crippen LogP contribution in [0.1, 0.15) is 65.7 Å². The van der Waals surface area contributed by atoms with E-state index < -0.39 is 0 Å². The highest BCUT2D eigenvalue weighted by atomic mass is 16.5. The van der Waals surface area contributed by atoms with Gasteiger partial charge in [0.25, 0.3) is 0 Å². The lowest BCUT2D eigenvalue weighted by atomic mass is 9.97. The number of aldehydes is 1. The summed E-state index contributed by atoms with van der Waals surface area (Å²) in [4.78, 5) is 13.5. The van der Waals surface area contributed by atoms with Crippen LogP contribution in [0.4, 0.5) is 0 Å². The van der Waals surface area contributed by atoms with Crippen molar-refractivity contribution in [3.63, 3.8) is 0 Å². The molecule has 1 saturated heterocycles. The summed E-state index contributed by atoms with van der Waals surface area (Å²) in [6.45, 7) is 8.70. The van der Waals surface area contributed by atoms with E-state index in [1.807, 2.05) is 6.92 Å². The quantitative estimate of drug-likeness (QED) is 0.161. The van der Waals surface area contributed by atoms with Gasteiger partial charge in [0.15, 0.2) is 0 Å². The molecule has 3 heteroatoms. The number of carbonyl (C=O) groups excluding carboxylic acids is 1. The highest BCUT2D eigenvalue weighted by Gasteiger charge is 2.30. The second kappa shape index (κ2) is 13.4. The molecule has 0 spiro atoms. The molecule has 0 amide bonds. The van der Waals surface area contributed by atoms with E-state index in [1.54, 1.807) is 0 Å². The van der Waals surface area contributed by atoms with Crippen LogP contribution in [0.2, 0.25) is 0 Å². The van der Waals surface area contributed by atoms with Gasteiger partial charge >= 0.3 is 0 Å². The zero-order chi connectivity index (χ0) is 20.9. The Kier molecular flexibility index (Phi) is 10.8. The first kappa shape index (κ1) is 23.4. The van der Waals surface area contributed by atoms with E-state index in [-0.39, 0.29) is 0 Å². The van der Waals surface area contributed by atoms with Crippen LogP contribution in [0.25, 0.3) is 0 Å². The second-order valence-corrected chi connectivity index (χ2v) is 8.24. The van der Waals surface area contributed by atoms with E-state index in [4.69, 9.17) is 4.74 Å². The summed E-state index contributed by atoms with van der Waals surface area (Å²) in [6, 6.07) is 0.536. The monoisotopic (exact) mass is 397 g/mol. The molecule has 29 heavy (non-hydrogen) atoms. The molecule has 0 N–H and O–H groups in total. The van der Waals surface area contributed by atoms with Gasteiger partial charge in [-0.3, -0.25) is 4.90 Å². The molecule has 2 atom stereocenters. The molecule has 2 aliphatic rings. The average molecular weight is 398 g/mol. The SMILES string of the molecule is C\C=C(C)/C(=C\C=C\CC1CC(CCC2=CC=CC2)N(CC=O)C1)OCCCC. The zero-order valence-electron chi connectivity index (χ0n) is 18.6. The first-order valence-corrected chi connectivity index (χ1v) is 11.3. The number of hydrogen-bond acceptors (Lipinski definition) is 3. The van der Waals surface area contributed by atoms with Crippen molar-refractivity contribution in [2.45, 2.75) is 71.8 Å². The fourth-order valence-corrected chi connectivity index (χ4v) is 4.10. The van der Waals surface area contributed by atoms with Crippen LogP contribution in [-0.2, 0) is 9.53 Å². The van der Waals surface area contributed by atoms with Gasteiger partial charge in [-0.25, -0.2) is 0 Å². The molecule has 0 aromatic carbocycles. The van der Waals surface area contributed by atoms with Crippen molar-refractivity contribution in [1.82, 2.24) is 4.90 Å². The van der Waals surface area contributed by atoms with E-state index in [0.717, 1.165) is 63.7 Å². The standard InChI is InChI=1S/C26H39NO2/c1-4-6-19-29-26(22(3)5-2)14-10-9-13-24-20-25(27(21-24)17-18-28)16-15-23-11-7-8-12-23/h5,7-11,14,18,24-25H,4,6,12-13,15-17,19-21H2,1-3H3/b10-9+,22-5-,26-14+. The van der Waals surface area contributed by atoms with E-state index in [0.29, 0.717) is 18.5 Å². The smallest absolute Gasteiger partial charge is 0.133 e. The summed E-state index contributed by atoms with van der Waals surface area (Å²) in [5, 5.41) is 0. The first-order chi connectivity index (χ1) is 14.2. The number of ether oxygens (including phenoxy) is 1. The maximum absolute atomic E-state index is 11.1. The maximum Gasteiger partial charge on any atom is 0.133 e. The van der Waals surface area contributed by atoms with Gasteiger partial charge < -0.3 is 9.53 Å². The van der Waals surface area contributed by atoms with Gasteiger partial charge in [0.2, 0.25) is 0 Å². The summed E-state index contributed by atoms with van der Waals surface area (Å²) >= 11 is 0. The van der Waals surface area contributed by atoms with E-state index in [2.05, 4.69) is 61.3 Å². The van der Waals surface area contributed by atoms with Crippen molar-refractivity contribution >= 4 is 6.29 Å². The van der Waals surface area contributed by atoms with E-state index in [1.165, 1.54) is 17.6 Å².